The molecule has 25 heavy (non-hydrogen) atoms. The third-order valence-corrected chi connectivity index (χ3v) is 5.73. The second kappa shape index (κ2) is 9.23. The van der Waals surface area contributed by atoms with Gasteiger partial charge in [-0.3, -0.25) is 0 Å². The lowest BCUT2D eigenvalue weighted by Crippen LogP contribution is -1.78. The van der Waals surface area contributed by atoms with Gasteiger partial charge in [0, 0.05) is 10.6 Å². The van der Waals surface area contributed by atoms with E-state index in [1.165, 1.54) is 0 Å². The molecule has 0 radical (unpaired) electrons. The van der Waals surface area contributed by atoms with Crippen LogP contribution in [-0.4, -0.2) is 5.11 Å². The number of phenolic OH excluding ortho intramolecular Hbond substituents is 1. The van der Waals surface area contributed by atoms with Gasteiger partial charge >= 0.3 is 0 Å². The molecule has 0 spiro atoms. The molecule has 0 aliphatic heterocycles. The van der Waals surface area contributed by atoms with Crippen molar-refractivity contribution in [3.05, 3.63) is 84.7 Å². The Morgan fingerprint density at radius 2 is 0.960 bits per heavy atom. The molecule has 0 aliphatic carbocycles. The van der Waals surface area contributed by atoms with E-state index in [1.54, 1.807) is 0 Å². The Bertz CT molecular complexity index is 775. The van der Waals surface area contributed by atoms with E-state index in [1.807, 2.05) is 42.5 Å². The summed E-state index contributed by atoms with van der Waals surface area (Å²) in [4.78, 5) is 0. The molecule has 7 heteroatoms. The summed E-state index contributed by atoms with van der Waals surface area (Å²) < 4.78 is 0. The molecule has 0 aromatic heterocycles. The summed E-state index contributed by atoms with van der Waals surface area (Å²) in [7, 11) is 0. The highest BCUT2D eigenvalue weighted by Gasteiger charge is 2.18. The molecule has 0 aliphatic rings. The molecular weight excluding hydrogens is 445 g/mol. The molecule has 0 amide bonds. The largest absolute Gasteiger partial charge is 0.505 e. The Morgan fingerprint density at radius 1 is 0.520 bits per heavy atom. The van der Waals surface area contributed by atoms with Crippen LogP contribution in [0.2, 0.25) is 30.1 Å². The number of benzene rings is 3. The third-order valence-electron chi connectivity index (χ3n) is 3.15. The summed E-state index contributed by atoms with van der Waals surface area (Å²) in [5.74, 6) is -0.363. The molecule has 0 atom stereocenters. The Morgan fingerprint density at radius 3 is 1.48 bits per heavy atom. The summed E-state index contributed by atoms with van der Waals surface area (Å²) in [6.45, 7) is 0. The van der Waals surface area contributed by atoms with Crippen LogP contribution >= 0.6 is 69.6 Å². The highest BCUT2D eigenvalue weighted by Crippen LogP contribution is 2.47. The number of phenols is 1. The summed E-state index contributed by atoms with van der Waals surface area (Å²) >= 11 is 34.0. The second-order valence-electron chi connectivity index (χ2n) is 4.76. The van der Waals surface area contributed by atoms with Crippen molar-refractivity contribution in [1.29, 1.82) is 0 Å². The number of rotatable bonds is 1. The molecule has 0 fully saturated rings. The van der Waals surface area contributed by atoms with Crippen molar-refractivity contribution in [2.45, 2.75) is 0 Å². The van der Waals surface area contributed by atoms with Gasteiger partial charge in [-0.05, 0) is 11.6 Å². The lowest BCUT2D eigenvalue weighted by molar-refractivity contribution is 0.476. The SMILES string of the molecule is Clc1ccccc1-c1ccccc1.Oc1c(Cl)c(Cl)c(Cl)c(Cl)c1Cl. The van der Waals surface area contributed by atoms with E-state index in [0.717, 1.165) is 16.1 Å². The van der Waals surface area contributed by atoms with Gasteiger partial charge in [0.2, 0.25) is 0 Å². The lowest BCUT2D eigenvalue weighted by Gasteiger charge is -2.06. The molecule has 3 rings (SSSR count). The second-order valence-corrected chi connectivity index (χ2v) is 7.06. The fourth-order valence-electron chi connectivity index (χ4n) is 1.91. The van der Waals surface area contributed by atoms with Crippen molar-refractivity contribution in [3.8, 4) is 16.9 Å². The van der Waals surface area contributed by atoms with Gasteiger partial charge in [0.1, 0.15) is 10.0 Å². The van der Waals surface area contributed by atoms with E-state index in [2.05, 4.69) is 12.1 Å². The number of halogens is 6. The molecule has 3 aromatic rings. The maximum atomic E-state index is 9.20. The van der Waals surface area contributed by atoms with Crippen LogP contribution in [0, 0.1) is 0 Å². The molecule has 0 saturated carbocycles. The van der Waals surface area contributed by atoms with E-state index in [-0.39, 0.29) is 30.9 Å². The third kappa shape index (κ3) is 4.89. The average molecular weight is 455 g/mol. The van der Waals surface area contributed by atoms with Crippen molar-refractivity contribution in [1.82, 2.24) is 0 Å². The Balaban J connectivity index is 0.000000181. The predicted molar refractivity (Wildman–Crippen MR) is 110 cm³/mol. The Hall–Kier alpha value is -0.800. The molecule has 0 bridgehead atoms. The number of hydrogen-bond donors (Lipinski definition) is 1. The van der Waals surface area contributed by atoms with Crippen LogP contribution in [-0.2, 0) is 0 Å². The first kappa shape index (κ1) is 20.5. The van der Waals surface area contributed by atoms with Crippen LogP contribution in [0.4, 0.5) is 0 Å². The van der Waals surface area contributed by atoms with Crippen molar-refractivity contribution in [2.75, 3.05) is 0 Å². The van der Waals surface area contributed by atoms with Crippen LogP contribution in [0.15, 0.2) is 54.6 Å². The van der Waals surface area contributed by atoms with Gasteiger partial charge in [0.05, 0.1) is 15.1 Å². The zero-order valence-corrected chi connectivity index (χ0v) is 16.9. The van der Waals surface area contributed by atoms with Crippen molar-refractivity contribution >= 4 is 69.6 Å². The monoisotopic (exact) mass is 452 g/mol. The minimum atomic E-state index is -0.363. The summed E-state index contributed by atoms with van der Waals surface area (Å²) in [5, 5.41) is 9.81. The zero-order valence-electron chi connectivity index (χ0n) is 12.4. The Kier molecular flexibility index (Phi) is 7.57. The van der Waals surface area contributed by atoms with Crippen molar-refractivity contribution in [3.63, 3.8) is 0 Å². The number of aromatic hydroxyl groups is 1. The van der Waals surface area contributed by atoms with Gasteiger partial charge in [0.15, 0.2) is 5.75 Å². The van der Waals surface area contributed by atoms with Gasteiger partial charge in [-0.15, -0.1) is 0 Å². The average Bonchev–Trinajstić information content (AvgIpc) is 2.65. The van der Waals surface area contributed by atoms with Crippen molar-refractivity contribution in [2.24, 2.45) is 0 Å². The summed E-state index contributed by atoms with van der Waals surface area (Å²) in [6.07, 6.45) is 0. The van der Waals surface area contributed by atoms with Crippen LogP contribution in [0.25, 0.3) is 11.1 Å². The van der Waals surface area contributed by atoms with Gasteiger partial charge in [-0.1, -0.05) is 118 Å². The number of hydrogen-bond acceptors (Lipinski definition) is 1. The molecule has 130 valence electrons. The zero-order chi connectivity index (χ0) is 18.6. The Labute approximate surface area is 175 Å². The quantitative estimate of drug-likeness (QED) is 0.288. The normalized spacial score (nSPS) is 10.2. The van der Waals surface area contributed by atoms with Gasteiger partial charge in [0.25, 0.3) is 0 Å². The fraction of sp³-hybridized carbons (Fsp3) is 0. The van der Waals surface area contributed by atoms with Crippen LogP contribution in [0.5, 0.6) is 5.75 Å². The predicted octanol–water partition coefficient (Wildman–Crippen LogP) is 8.67. The smallest absolute Gasteiger partial charge is 0.155 e. The fourth-order valence-corrected chi connectivity index (χ4v) is 3.28. The topological polar surface area (TPSA) is 20.2 Å². The minimum absolute atomic E-state index is 0.00904. The van der Waals surface area contributed by atoms with Gasteiger partial charge in [-0.2, -0.15) is 0 Å². The molecule has 1 nitrogen and oxygen atoms in total. The van der Waals surface area contributed by atoms with E-state index in [9.17, 15) is 5.11 Å². The van der Waals surface area contributed by atoms with Crippen molar-refractivity contribution < 1.29 is 5.11 Å². The molecule has 0 heterocycles. The van der Waals surface area contributed by atoms with Gasteiger partial charge < -0.3 is 5.11 Å². The highest BCUT2D eigenvalue weighted by molar-refractivity contribution is 6.55. The van der Waals surface area contributed by atoms with E-state index < -0.39 is 0 Å². The molecule has 3 aromatic carbocycles. The maximum Gasteiger partial charge on any atom is 0.155 e. The molecule has 0 unspecified atom stereocenters. The minimum Gasteiger partial charge on any atom is -0.505 e. The molecule has 1 N–H and O–H groups in total. The van der Waals surface area contributed by atoms with Crippen LogP contribution in [0.1, 0.15) is 0 Å². The van der Waals surface area contributed by atoms with E-state index in [4.69, 9.17) is 69.6 Å². The maximum absolute atomic E-state index is 9.20. The first-order valence-electron chi connectivity index (χ1n) is 6.85. The summed E-state index contributed by atoms with van der Waals surface area (Å²) in [5.41, 5.74) is 2.25. The van der Waals surface area contributed by atoms with Crippen LogP contribution in [0.3, 0.4) is 0 Å². The first-order chi connectivity index (χ1) is 11.8. The first-order valence-corrected chi connectivity index (χ1v) is 9.11. The lowest BCUT2D eigenvalue weighted by atomic mass is 10.1. The van der Waals surface area contributed by atoms with E-state index >= 15 is 0 Å². The molecule has 0 saturated heterocycles. The van der Waals surface area contributed by atoms with Crippen LogP contribution < -0.4 is 0 Å². The van der Waals surface area contributed by atoms with E-state index in [0.29, 0.717) is 0 Å². The highest BCUT2D eigenvalue weighted by atomic mass is 35.5. The summed E-state index contributed by atoms with van der Waals surface area (Å²) in [6, 6.07) is 18.0. The van der Waals surface area contributed by atoms with Gasteiger partial charge in [-0.25, -0.2) is 0 Å². The standard InChI is InChI=1S/C12H9Cl.C6HCl5O/c13-12-9-5-4-8-11(12)10-6-2-1-3-7-10;7-1-2(8)4(10)6(12)5(11)3(1)9/h1-9H;12H. The molecular formula is C18H10Cl6O.